The van der Waals surface area contributed by atoms with Gasteiger partial charge in [-0.25, -0.2) is 0 Å². The van der Waals surface area contributed by atoms with Gasteiger partial charge in [0.2, 0.25) is 0 Å². The molecule has 0 spiro atoms. The zero-order valence-corrected chi connectivity index (χ0v) is 42.0. The number of rotatable bonds is 8. The average molecular weight is 1060 g/mol. The van der Waals surface area contributed by atoms with Crippen LogP contribution in [-0.4, -0.2) is 11.3 Å². The Morgan fingerprint density at radius 3 is 0.552 bits per heavy atom. The van der Waals surface area contributed by atoms with Crippen molar-refractivity contribution in [3.8, 4) is 0 Å². The van der Waals surface area contributed by atoms with Crippen LogP contribution >= 0.6 is 95.3 Å². The fourth-order valence-electron chi connectivity index (χ4n) is 8.72. The molecule has 0 aromatic heterocycles. The maximum absolute atomic E-state index is 4.97. The van der Waals surface area contributed by atoms with E-state index in [4.69, 9.17) is 80.8 Å². The summed E-state index contributed by atoms with van der Waals surface area (Å²) in [6.45, 7) is 0. The van der Waals surface area contributed by atoms with E-state index in [2.05, 4.69) is 182 Å². The first-order valence-corrected chi connectivity index (χ1v) is 35.8. The van der Waals surface area contributed by atoms with E-state index in [-0.39, 0.29) is 0 Å². The molecule has 312 valence electrons. The summed E-state index contributed by atoms with van der Waals surface area (Å²) in [5.74, 6) is 0. The maximum atomic E-state index is 4.97. The molecule has 0 saturated heterocycles. The largest absolute Gasteiger partial charge is 0.115 e. The third-order valence-electron chi connectivity index (χ3n) is 10.7. The maximum Gasteiger partial charge on any atom is 0.115 e. The Bertz CT molecular complexity index is 1670. The van der Waals surface area contributed by atoms with Crippen LogP contribution in [0.25, 0.3) is 0 Å². The SMILES string of the molecule is [Cl][Mn-]([Cl])([Cl])[Cl].[Cl][Mn-]([Cl])([Cl])[Cl].c1ccc([P+](c2ccccc2)(c2ccccc2)C2CCCC2)cc1.c1ccc([P+](c2ccccc2)(c2ccccc2)C2CCCC2)cc1. The summed E-state index contributed by atoms with van der Waals surface area (Å²) in [6.07, 6.45) is 10.9. The van der Waals surface area contributed by atoms with Crippen LogP contribution in [0.5, 0.6) is 0 Å². The molecule has 0 heterocycles. The summed E-state index contributed by atoms with van der Waals surface area (Å²) in [6, 6.07) is 67.8. The van der Waals surface area contributed by atoms with Crippen molar-refractivity contribution in [3.05, 3.63) is 182 Å². The van der Waals surface area contributed by atoms with E-state index < -0.39 is 32.9 Å². The van der Waals surface area contributed by atoms with Crippen molar-refractivity contribution in [1.82, 2.24) is 0 Å². The smallest absolute Gasteiger partial charge is 0.0620 e. The van der Waals surface area contributed by atoms with Crippen LogP contribution < -0.4 is 31.8 Å². The average Bonchev–Trinajstić information content (AvgIpc) is 3.97. The van der Waals surface area contributed by atoms with Gasteiger partial charge in [-0.05, 0) is 124 Å². The quantitative estimate of drug-likeness (QED) is 0.105. The summed E-state index contributed by atoms with van der Waals surface area (Å²) in [7, 11) is 31.1. The molecule has 8 rings (SSSR count). The van der Waals surface area contributed by atoms with Gasteiger partial charge in [0.15, 0.2) is 0 Å². The van der Waals surface area contributed by atoms with Crippen molar-refractivity contribution in [2.24, 2.45) is 0 Å². The van der Waals surface area contributed by atoms with Gasteiger partial charge in [-0.2, -0.15) is 0 Å². The molecule has 2 aliphatic rings. The monoisotopic (exact) mass is 1050 g/mol. The minimum Gasteiger partial charge on any atom is -0.0620 e. The van der Waals surface area contributed by atoms with Crippen molar-refractivity contribution in [2.75, 3.05) is 0 Å². The van der Waals surface area contributed by atoms with Crippen molar-refractivity contribution in [1.29, 1.82) is 0 Å². The molecule has 0 unspecified atom stereocenters. The van der Waals surface area contributed by atoms with Crippen LogP contribution in [0, 0.1) is 0 Å². The van der Waals surface area contributed by atoms with Gasteiger partial charge in [0.25, 0.3) is 0 Å². The van der Waals surface area contributed by atoms with Crippen molar-refractivity contribution in [2.45, 2.75) is 62.7 Å². The summed E-state index contributed by atoms with van der Waals surface area (Å²) >= 11 is 0. The van der Waals surface area contributed by atoms with Crippen LogP contribution in [-0.2, 0) is 18.4 Å². The third kappa shape index (κ3) is 13.8. The Balaban J connectivity index is 0.000000180. The molecule has 6 aromatic carbocycles. The van der Waals surface area contributed by atoms with Crippen LogP contribution in [0.4, 0.5) is 0 Å². The zero-order chi connectivity index (χ0) is 41.5. The molecule has 6 aromatic rings. The Labute approximate surface area is 386 Å². The van der Waals surface area contributed by atoms with Crippen molar-refractivity contribution < 1.29 is 18.4 Å². The Morgan fingerprint density at radius 1 is 0.276 bits per heavy atom. The van der Waals surface area contributed by atoms with Crippen molar-refractivity contribution >= 4 is 127 Å². The van der Waals surface area contributed by atoms with Gasteiger partial charge in [0.05, 0.1) is 11.3 Å². The van der Waals surface area contributed by atoms with E-state index in [0.717, 1.165) is 11.3 Å². The molecular weight excluding hydrogens is 1010 g/mol. The van der Waals surface area contributed by atoms with Crippen LogP contribution in [0.15, 0.2) is 182 Å². The first-order chi connectivity index (χ1) is 27.8. The second-order valence-corrected chi connectivity index (χ2v) is 44.8. The molecule has 0 bridgehead atoms. The summed E-state index contributed by atoms with van der Waals surface area (Å²) < 4.78 is 0. The van der Waals surface area contributed by atoms with Gasteiger partial charge < -0.3 is 0 Å². The molecule has 2 saturated carbocycles. The standard InChI is InChI=1S/2C23H24P.8ClH.2Mn/c2*1-4-12-20(13-5-1)24(23-18-10-11-19-23,21-14-6-2-7-15-21)22-16-8-3-9-17-22;;;;;;;;;;/h2*1-9,12-17,23H,10-11,18-19H2;8*1H;;/q2*+1;;;;;;;;;2*+3/p-8. The molecule has 58 heavy (non-hydrogen) atoms. The first-order valence-electron chi connectivity index (χ1n) is 19.1. The molecule has 2 fully saturated rings. The van der Waals surface area contributed by atoms with Crippen LogP contribution in [0.3, 0.4) is 0 Å². The Hall–Kier alpha value is -0.461. The normalized spacial score (nSPS) is 15.4. The van der Waals surface area contributed by atoms with Gasteiger partial charge in [-0.15, -0.1) is 0 Å². The summed E-state index contributed by atoms with van der Waals surface area (Å²) in [5, 5.41) is 9.22. The number of hydrogen-bond donors (Lipinski definition) is 0. The molecule has 0 amide bonds. The second-order valence-electron chi connectivity index (χ2n) is 14.0. The van der Waals surface area contributed by atoms with Crippen LogP contribution in [0.1, 0.15) is 51.4 Å². The zero-order valence-electron chi connectivity index (χ0n) is 31.8. The Kier molecular flexibility index (Phi) is 20.0. The fraction of sp³-hybridized carbons (Fsp3) is 0.217. The van der Waals surface area contributed by atoms with E-state index >= 15 is 0 Å². The van der Waals surface area contributed by atoms with Crippen LogP contribution in [0.2, 0.25) is 0 Å². The predicted octanol–water partition coefficient (Wildman–Crippen LogP) is 15.4. The number of halogens is 8. The molecule has 12 heteroatoms. The van der Waals surface area contributed by atoms with Gasteiger partial charge in [-0.1, -0.05) is 109 Å². The molecule has 2 aliphatic carbocycles. The fourth-order valence-corrected chi connectivity index (χ4v) is 19.2. The predicted molar refractivity (Wildman–Crippen MR) is 262 cm³/mol. The molecule has 0 radical (unpaired) electrons. The van der Waals surface area contributed by atoms with Gasteiger partial charge in [-0.3, -0.25) is 0 Å². The minimum absolute atomic E-state index is 0.768. The molecule has 0 atom stereocenters. The van der Waals surface area contributed by atoms with Gasteiger partial charge >= 0.3 is 99.2 Å². The van der Waals surface area contributed by atoms with E-state index in [0.29, 0.717) is 0 Å². The molecule has 0 N–H and O–H groups in total. The van der Waals surface area contributed by atoms with E-state index in [1.807, 2.05) is 0 Å². The molecular formula is C46H48Cl8Mn2P2. The van der Waals surface area contributed by atoms with Gasteiger partial charge in [0.1, 0.15) is 46.4 Å². The number of benzene rings is 6. The summed E-state index contributed by atoms with van der Waals surface area (Å²) in [5.41, 5.74) is 1.54. The van der Waals surface area contributed by atoms with Gasteiger partial charge in [0, 0.05) is 0 Å². The van der Waals surface area contributed by atoms with E-state index in [1.165, 1.54) is 83.2 Å². The summed E-state index contributed by atoms with van der Waals surface area (Å²) in [4.78, 5) is 0. The van der Waals surface area contributed by atoms with Crippen molar-refractivity contribution in [3.63, 3.8) is 0 Å². The molecule has 0 nitrogen and oxygen atoms in total. The Morgan fingerprint density at radius 2 is 0.414 bits per heavy atom. The number of hydrogen-bond acceptors (Lipinski definition) is 0. The second kappa shape index (κ2) is 23.8. The van der Waals surface area contributed by atoms with E-state index in [1.54, 1.807) is 0 Å². The van der Waals surface area contributed by atoms with E-state index in [9.17, 15) is 0 Å². The topological polar surface area (TPSA) is 0 Å². The minimum atomic E-state index is -2.74. The first kappa shape index (κ1) is 48.6. The third-order valence-corrected chi connectivity index (χ3v) is 20.6. The molecule has 0 aliphatic heterocycles.